The van der Waals surface area contributed by atoms with Crippen molar-refractivity contribution in [1.29, 1.82) is 0 Å². The number of hydrogen-bond acceptors (Lipinski definition) is 5. The molecule has 1 heterocycles. The maximum Gasteiger partial charge on any atom is 0.399 e. The Balaban J connectivity index is 1.73. The van der Waals surface area contributed by atoms with Crippen molar-refractivity contribution in [1.82, 2.24) is 9.13 Å². The number of benzene rings is 2. The molecule has 1 N–H and O–H groups in total. The second-order valence-corrected chi connectivity index (χ2v) is 9.34. The summed E-state index contributed by atoms with van der Waals surface area (Å²) in [6, 6.07) is 11.0. The lowest BCUT2D eigenvalue weighted by Gasteiger charge is -2.10. The second kappa shape index (κ2) is 9.69. The van der Waals surface area contributed by atoms with E-state index >= 15 is 0 Å². The van der Waals surface area contributed by atoms with Crippen LogP contribution in [0, 0.1) is 0 Å². The van der Waals surface area contributed by atoms with Gasteiger partial charge < -0.3 is 5.11 Å². The molecular formula is C19H16BrF2N2O6P. The van der Waals surface area contributed by atoms with E-state index in [2.05, 4.69) is 25.4 Å². The monoisotopic (exact) mass is 516 g/mol. The highest BCUT2D eigenvalue weighted by atomic mass is 79.9. The van der Waals surface area contributed by atoms with E-state index in [1.54, 1.807) is 36.7 Å². The van der Waals surface area contributed by atoms with Gasteiger partial charge in [-0.15, -0.1) is 9.46 Å². The van der Waals surface area contributed by atoms with Crippen LogP contribution in [0.3, 0.4) is 0 Å². The molecule has 0 fully saturated rings. The molecule has 3 rings (SSSR count). The van der Waals surface area contributed by atoms with Gasteiger partial charge >= 0.3 is 19.3 Å². The van der Waals surface area contributed by atoms with E-state index < -0.39 is 19.7 Å². The minimum atomic E-state index is -4.51. The number of rotatable bonds is 9. The molecule has 164 valence electrons. The zero-order valence-corrected chi connectivity index (χ0v) is 18.3. The Labute approximate surface area is 183 Å². The van der Waals surface area contributed by atoms with Crippen molar-refractivity contribution in [3.05, 3.63) is 92.1 Å². The van der Waals surface area contributed by atoms with Gasteiger partial charge in [-0.25, -0.2) is 9.59 Å². The third-order valence-corrected chi connectivity index (χ3v) is 6.40. The topological polar surface area (TPSA) is 99.8 Å². The van der Waals surface area contributed by atoms with Crippen molar-refractivity contribution in [2.45, 2.75) is 19.3 Å². The standard InChI is InChI=1S/C19H16BrF2N2O6P/c20-17-9-14(3-6-16(17)12-31(28,29-21)30-22)11-24-8-7-23(19(24)27)10-13-1-4-15(5-2-13)18(25)26/h1-9H,10-12H2,(H,25,26). The van der Waals surface area contributed by atoms with E-state index in [0.29, 0.717) is 15.6 Å². The van der Waals surface area contributed by atoms with Crippen LogP contribution in [0.4, 0.5) is 9.05 Å². The van der Waals surface area contributed by atoms with Crippen LogP contribution in [-0.2, 0) is 33.3 Å². The number of carboxylic acids is 1. The molecule has 12 heteroatoms. The quantitative estimate of drug-likeness (QED) is 0.413. The van der Waals surface area contributed by atoms with Crippen LogP contribution in [0.5, 0.6) is 0 Å². The van der Waals surface area contributed by atoms with E-state index in [1.807, 2.05) is 0 Å². The molecule has 0 saturated heterocycles. The maximum atomic E-state index is 12.6. The fraction of sp³-hybridized carbons (Fsp3) is 0.158. The van der Waals surface area contributed by atoms with Crippen LogP contribution >= 0.6 is 23.5 Å². The zero-order valence-electron chi connectivity index (χ0n) is 15.8. The maximum absolute atomic E-state index is 12.6. The highest BCUT2D eigenvalue weighted by molar-refractivity contribution is 9.10. The van der Waals surface area contributed by atoms with Crippen molar-refractivity contribution in [3.63, 3.8) is 0 Å². The summed E-state index contributed by atoms with van der Waals surface area (Å²) in [5.41, 5.74) is 1.67. The van der Waals surface area contributed by atoms with Crippen LogP contribution in [0.1, 0.15) is 27.0 Å². The predicted octanol–water partition coefficient (Wildman–Crippen LogP) is 4.70. The van der Waals surface area contributed by atoms with Gasteiger partial charge in [0.15, 0.2) is 0 Å². The highest BCUT2D eigenvalue weighted by Crippen LogP contribution is 2.52. The van der Waals surface area contributed by atoms with E-state index in [0.717, 1.165) is 5.56 Å². The summed E-state index contributed by atoms with van der Waals surface area (Å²) in [6.07, 6.45) is 2.61. The van der Waals surface area contributed by atoms with E-state index in [-0.39, 0.29) is 24.3 Å². The van der Waals surface area contributed by atoms with Crippen molar-refractivity contribution in [2.75, 3.05) is 0 Å². The lowest BCUT2D eigenvalue weighted by molar-refractivity contribution is -0.0881. The molecule has 31 heavy (non-hydrogen) atoms. The fourth-order valence-corrected chi connectivity index (χ4v) is 4.52. The normalized spacial score (nSPS) is 11.6. The Kier molecular flexibility index (Phi) is 7.22. The molecular weight excluding hydrogens is 501 g/mol. The number of hydrogen-bond donors (Lipinski definition) is 1. The molecule has 0 saturated carbocycles. The first-order valence-electron chi connectivity index (χ1n) is 8.79. The molecule has 0 unspecified atom stereocenters. The Bertz CT molecular complexity index is 1190. The average Bonchev–Trinajstić information content (AvgIpc) is 3.09. The molecule has 8 nitrogen and oxygen atoms in total. The Hall–Kier alpha value is -2.59. The van der Waals surface area contributed by atoms with Gasteiger partial charge in [0.1, 0.15) is 0 Å². The lowest BCUT2D eigenvalue weighted by atomic mass is 10.1. The highest BCUT2D eigenvalue weighted by Gasteiger charge is 2.29. The van der Waals surface area contributed by atoms with Crippen LogP contribution in [-0.4, -0.2) is 20.2 Å². The van der Waals surface area contributed by atoms with Crippen molar-refractivity contribution < 1.29 is 33.0 Å². The molecule has 0 amide bonds. The van der Waals surface area contributed by atoms with E-state index in [9.17, 15) is 23.2 Å². The van der Waals surface area contributed by atoms with Gasteiger partial charge in [0.2, 0.25) is 0 Å². The molecule has 0 aliphatic heterocycles. The fourth-order valence-electron chi connectivity index (χ4n) is 2.93. The summed E-state index contributed by atoms with van der Waals surface area (Å²) in [7, 11) is -4.51. The number of carboxylic acid groups (broad SMARTS) is 1. The van der Waals surface area contributed by atoms with Crippen LogP contribution in [0.25, 0.3) is 0 Å². The molecule has 0 aliphatic carbocycles. The Morgan fingerprint density at radius 1 is 1.00 bits per heavy atom. The van der Waals surface area contributed by atoms with Crippen LogP contribution < -0.4 is 5.69 Å². The van der Waals surface area contributed by atoms with Gasteiger partial charge in [0.25, 0.3) is 0 Å². The smallest absolute Gasteiger partial charge is 0.399 e. The first kappa shape index (κ1) is 23.1. The van der Waals surface area contributed by atoms with Gasteiger partial charge in [-0.2, -0.15) is 0 Å². The molecule has 0 spiro atoms. The Morgan fingerprint density at radius 3 is 2.06 bits per heavy atom. The first-order valence-corrected chi connectivity index (χ1v) is 11.3. The van der Waals surface area contributed by atoms with Gasteiger partial charge in [0.05, 0.1) is 24.8 Å². The third-order valence-electron chi connectivity index (χ3n) is 4.52. The largest absolute Gasteiger partial charge is 0.478 e. The minimum absolute atomic E-state index is 0.162. The van der Waals surface area contributed by atoms with E-state index in [4.69, 9.17) is 5.11 Å². The van der Waals surface area contributed by atoms with Crippen LogP contribution in [0.15, 0.2) is 64.1 Å². The van der Waals surface area contributed by atoms with Gasteiger partial charge in [-0.3, -0.25) is 13.7 Å². The Morgan fingerprint density at radius 2 is 1.55 bits per heavy atom. The molecule has 0 aliphatic rings. The summed E-state index contributed by atoms with van der Waals surface area (Å²) in [6.45, 7) is 0.496. The second-order valence-electron chi connectivity index (χ2n) is 6.67. The summed E-state index contributed by atoms with van der Waals surface area (Å²) in [5.74, 6) is -1.02. The number of imidazole rings is 1. The summed E-state index contributed by atoms with van der Waals surface area (Å²) in [5, 5.41) is 8.95. The number of aromatic nitrogens is 2. The summed E-state index contributed by atoms with van der Waals surface area (Å²) < 4.78 is 45.8. The molecule has 0 bridgehead atoms. The molecule has 1 aromatic heterocycles. The van der Waals surface area contributed by atoms with Crippen molar-refractivity contribution in [2.24, 2.45) is 0 Å². The van der Waals surface area contributed by atoms with Crippen molar-refractivity contribution >= 4 is 29.5 Å². The number of carbonyl (C=O) groups is 1. The zero-order chi connectivity index (χ0) is 22.6. The van der Waals surface area contributed by atoms with Gasteiger partial charge in [0, 0.05) is 16.9 Å². The van der Waals surface area contributed by atoms with Gasteiger partial charge in [-0.05, 0) is 43.9 Å². The average molecular weight is 517 g/mol. The summed E-state index contributed by atoms with van der Waals surface area (Å²) >= 11 is 3.24. The van der Waals surface area contributed by atoms with Crippen LogP contribution in [0.2, 0.25) is 0 Å². The number of nitrogens with zero attached hydrogens (tertiary/aromatic N) is 2. The van der Waals surface area contributed by atoms with Crippen molar-refractivity contribution in [3.8, 4) is 0 Å². The predicted molar refractivity (Wildman–Crippen MR) is 110 cm³/mol. The lowest BCUT2D eigenvalue weighted by Crippen LogP contribution is -2.24. The molecule has 0 atom stereocenters. The first-order chi connectivity index (χ1) is 14.7. The molecule has 0 radical (unpaired) electrons. The molecule has 3 aromatic rings. The number of aromatic carboxylic acids is 1. The van der Waals surface area contributed by atoms with Gasteiger partial charge in [-0.1, -0.05) is 40.2 Å². The third kappa shape index (κ3) is 5.56. The summed E-state index contributed by atoms with van der Waals surface area (Å²) in [4.78, 5) is 23.6. The van der Waals surface area contributed by atoms with E-state index in [1.165, 1.54) is 27.3 Å². The number of halogens is 3. The SMILES string of the molecule is O=C(O)c1ccc(Cn2ccn(Cc3ccc(CP(=O)(OF)OF)c(Br)c3)c2=O)cc1. The minimum Gasteiger partial charge on any atom is -0.478 e. The molecule has 2 aromatic carbocycles.